The highest BCUT2D eigenvalue weighted by molar-refractivity contribution is 6.01. The molecule has 1 fully saturated rings. The third-order valence-corrected chi connectivity index (χ3v) is 5.47. The molecule has 1 saturated carbocycles. The third kappa shape index (κ3) is 2.81. The molecule has 0 bridgehead atoms. The molecule has 4 rings (SSSR count). The number of likely N-dealkylation sites (N-methyl/N-ethyl adjacent to an activating group) is 1. The van der Waals surface area contributed by atoms with Crippen molar-refractivity contribution in [3.63, 3.8) is 0 Å². The Kier molecular flexibility index (Phi) is 4.33. The molecule has 26 heavy (non-hydrogen) atoms. The van der Waals surface area contributed by atoms with E-state index in [0.29, 0.717) is 18.4 Å². The van der Waals surface area contributed by atoms with Gasteiger partial charge in [-0.25, -0.2) is 9.97 Å². The Morgan fingerprint density at radius 1 is 1.42 bits per heavy atom. The van der Waals surface area contributed by atoms with Crippen molar-refractivity contribution in [3.8, 4) is 6.07 Å². The van der Waals surface area contributed by atoms with E-state index in [4.69, 9.17) is 10.2 Å². The van der Waals surface area contributed by atoms with E-state index in [2.05, 4.69) is 25.9 Å². The van der Waals surface area contributed by atoms with Crippen LogP contribution in [0.1, 0.15) is 44.0 Å². The van der Waals surface area contributed by atoms with Gasteiger partial charge in [0.15, 0.2) is 0 Å². The quantitative estimate of drug-likeness (QED) is 0.755. The van der Waals surface area contributed by atoms with E-state index in [1.165, 1.54) is 0 Å². The van der Waals surface area contributed by atoms with Crippen LogP contribution in [0, 0.1) is 17.2 Å². The number of nitrogens with one attached hydrogen (secondary N) is 2. The summed E-state index contributed by atoms with van der Waals surface area (Å²) >= 11 is 0. The maximum absolute atomic E-state index is 12.0. The number of amides is 1. The van der Waals surface area contributed by atoms with E-state index in [1.807, 2.05) is 12.3 Å². The molecule has 7 heteroatoms. The number of hydrogen-bond acceptors (Lipinski definition) is 4. The second-order valence-corrected chi connectivity index (χ2v) is 7.02. The molecule has 134 valence electrons. The Labute approximate surface area is 151 Å². The summed E-state index contributed by atoms with van der Waals surface area (Å²) in [4.78, 5) is 24.4. The summed E-state index contributed by atoms with van der Waals surface area (Å²) in [7, 11) is 1.65. The highest BCUT2D eigenvalue weighted by Crippen LogP contribution is 2.37. The molecule has 1 amide bonds. The first-order valence-electron chi connectivity index (χ1n) is 9.11. The number of carbonyl (C=O) groups excluding carboxylic acids is 1. The van der Waals surface area contributed by atoms with Gasteiger partial charge in [-0.2, -0.15) is 5.26 Å². The standard InChI is InChI=1S/C19H22N6O/c1-21-17(26)10-16-24-15-11-23-19-14(7-9-22-19)18(15)25(16)13-4-2-12(3-5-13)6-8-20/h7,9,11-13H,2-6,10H2,1H3,(H,21,26)(H,22,23)/t12-,13-. The normalized spacial score (nSPS) is 20.3. The summed E-state index contributed by atoms with van der Waals surface area (Å²) in [6.45, 7) is 0. The zero-order chi connectivity index (χ0) is 18.1. The molecular formula is C19H22N6O. The van der Waals surface area contributed by atoms with Crippen LogP contribution in [0.5, 0.6) is 0 Å². The number of fused-ring (bicyclic) bond motifs is 3. The summed E-state index contributed by atoms with van der Waals surface area (Å²) in [6, 6.07) is 4.62. The van der Waals surface area contributed by atoms with E-state index < -0.39 is 0 Å². The molecule has 0 unspecified atom stereocenters. The molecule has 3 aromatic heterocycles. The van der Waals surface area contributed by atoms with Crippen LogP contribution in [0.3, 0.4) is 0 Å². The molecule has 0 aliphatic heterocycles. The topological polar surface area (TPSA) is 99.4 Å². The average molecular weight is 350 g/mol. The number of nitrogens with zero attached hydrogens (tertiary/aromatic N) is 4. The highest BCUT2D eigenvalue weighted by Gasteiger charge is 2.27. The zero-order valence-electron chi connectivity index (χ0n) is 14.8. The first kappa shape index (κ1) is 16.6. The first-order valence-corrected chi connectivity index (χ1v) is 9.11. The predicted octanol–water partition coefficient (Wildman–Crippen LogP) is 2.85. The van der Waals surface area contributed by atoms with Gasteiger partial charge in [0.05, 0.1) is 24.2 Å². The van der Waals surface area contributed by atoms with Crippen molar-refractivity contribution < 1.29 is 4.79 Å². The molecule has 1 aliphatic rings. The molecular weight excluding hydrogens is 328 g/mol. The van der Waals surface area contributed by atoms with Gasteiger partial charge in [0, 0.05) is 31.1 Å². The van der Waals surface area contributed by atoms with Gasteiger partial charge in [0.2, 0.25) is 5.91 Å². The monoisotopic (exact) mass is 350 g/mol. The molecule has 3 heterocycles. The number of rotatable bonds is 4. The number of hydrogen-bond donors (Lipinski definition) is 2. The Balaban J connectivity index is 1.79. The first-order chi connectivity index (χ1) is 12.7. The second kappa shape index (κ2) is 6.79. The van der Waals surface area contributed by atoms with Crippen LogP contribution >= 0.6 is 0 Å². The molecule has 1 aliphatic carbocycles. The fourth-order valence-electron chi connectivity index (χ4n) is 4.13. The van der Waals surface area contributed by atoms with Crippen LogP contribution in [0.4, 0.5) is 0 Å². The molecule has 0 saturated heterocycles. The van der Waals surface area contributed by atoms with Gasteiger partial charge in [-0.3, -0.25) is 4.79 Å². The van der Waals surface area contributed by atoms with Crippen molar-refractivity contribution in [3.05, 3.63) is 24.3 Å². The Hall–Kier alpha value is -2.88. The Bertz CT molecular complexity index is 987. The molecule has 2 N–H and O–H groups in total. The van der Waals surface area contributed by atoms with E-state index in [1.54, 1.807) is 13.2 Å². The summed E-state index contributed by atoms with van der Waals surface area (Å²) in [5, 5.41) is 12.7. The molecule has 0 atom stereocenters. The van der Waals surface area contributed by atoms with Crippen LogP contribution in [-0.4, -0.2) is 32.5 Å². The van der Waals surface area contributed by atoms with Crippen LogP contribution in [0.25, 0.3) is 22.1 Å². The van der Waals surface area contributed by atoms with Gasteiger partial charge < -0.3 is 14.9 Å². The number of nitriles is 1. The molecule has 7 nitrogen and oxygen atoms in total. The fraction of sp³-hybridized carbons (Fsp3) is 0.474. The van der Waals surface area contributed by atoms with Crippen molar-refractivity contribution >= 4 is 28.0 Å². The zero-order valence-corrected chi connectivity index (χ0v) is 14.8. The summed E-state index contributed by atoms with van der Waals surface area (Å²) < 4.78 is 2.25. The smallest absolute Gasteiger partial charge is 0.227 e. The number of aromatic amines is 1. The lowest BCUT2D eigenvalue weighted by Gasteiger charge is -2.29. The SMILES string of the molecule is CNC(=O)Cc1nc2cnc3[nH]ccc3c2n1[C@H]1CC[C@H](CC#N)CC1. The number of H-pyrrole nitrogens is 1. The van der Waals surface area contributed by atoms with Gasteiger partial charge in [0.25, 0.3) is 0 Å². The van der Waals surface area contributed by atoms with Crippen molar-refractivity contribution in [1.29, 1.82) is 5.26 Å². The van der Waals surface area contributed by atoms with Crippen LogP contribution in [0.15, 0.2) is 18.5 Å². The lowest BCUT2D eigenvalue weighted by atomic mass is 9.84. The summed E-state index contributed by atoms with van der Waals surface area (Å²) in [6.07, 6.45) is 8.65. The highest BCUT2D eigenvalue weighted by atomic mass is 16.1. The number of carbonyl (C=O) groups is 1. The van der Waals surface area contributed by atoms with Crippen LogP contribution in [0.2, 0.25) is 0 Å². The van der Waals surface area contributed by atoms with Gasteiger partial charge >= 0.3 is 0 Å². The fourth-order valence-corrected chi connectivity index (χ4v) is 4.13. The average Bonchev–Trinajstić information content (AvgIpc) is 3.26. The minimum Gasteiger partial charge on any atom is -0.359 e. The third-order valence-electron chi connectivity index (χ3n) is 5.47. The van der Waals surface area contributed by atoms with Crippen LogP contribution in [-0.2, 0) is 11.2 Å². The lowest BCUT2D eigenvalue weighted by molar-refractivity contribution is -0.120. The van der Waals surface area contributed by atoms with E-state index >= 15 is 0 Å². The van der Waals surface area contributed by atoms with Crippen molar-refractivity contribution in [2.24, 2.45) is 5.92 Å². The molecule has 0 aromatic carbocycles. The predicted molar refractivity (Wildman–Crippen MR) is 98.4 cm³/mol. The molecule has 0 radical (unpaired) electrons. The second-order valence-electron chi connectivity index (χ2n) is 7.02. The summed E-state index contributed by atoms with van der Waals surface area (Å²) in [5.74, 6) is 1.24. The Morgan fingerprint density at radius 3 is 2.96 bits per heavy atom. The van der Waals surface area contributed by atoms with Crippen LogP contribution < -0.4 is 5.32 Å². The van der Waals surface area contributed by atoms with Crippen molar-refractivity contribution in [2.45, 2.75) is 44.6 Å². The van der Waals surface area contributed by atoms with E-state index in [-0.39, 0.29) is 12.3 Å². The number of imidazole rings is 1. The summed E-state index contributed by atoms with van der Waals surface area (Å²) in [5.41, 5.74) is 2.72. The van der Waals surface area contributed by atoms with E-state index in [9.17, 15) is 4.79 Å². The number of aromatic nitrogens is 4. The van der Waals surface area contributed by atoms with Gasteiger partial charge in [-0.15, -0.1) is 0 Å². The van der Waals surface area contributed by atoms with E-state index in [0.717, 1.165) is 53.6 Å². The van der Waals surface area contributed by atoms with Crippen molar-refractivity contribution in [1.82, 2.24) is 24.8 Å². The maximum atomic E-state index is 12.0. The maximum Gasteiger partial charge on any atom is 0.227 e. The largest absolute Gasteiger partial charge is 0.359 e. The van der Waals surface area contributed by atoms with Gasteiger partial charge in [0.1, 0.15) is 17.0 Å². The lowest BCUT2D eigenvalue weighted by Crippen LogP contribution is -2.25. The molecule has 0 spiro atoms. The number of pyridine rings is 1. The molecule has 3 aromatic rings. The van der Waals surface area contributed by atoms with Gasteiger partial charge in [-0.05, 0) is 37.7 Å². The van der Waals surface area contributed by atoms with Crippen molar-refractivity contribution in [2.75, 3.05) is 7.05 Å². The minimum atomic E-state index is -0.0435. The minimum absolute atomic E-state index is 0.0435. The Morgan fingerprint density at radius 2 is 2.23 bits per heavy atom. The van der Waals surface area contributed by atoms with Gasteiger partial charge in [-0.1, -0.05) is 0 Å².